The fourth-order valence-electron chi connectivity index (χ4n) is 2.28. The van der Waals surface area contributed by atoms with Gasteiger partial charge in [-0.15, -0.1) is 0 Å². The number of hydrogen-bond acceptors (Lipinski definition) is 2. The summed E-state index contributed by atoms with van der Waals surface area (Å²) < 4.78 is 0. The Bertz CT molecular complexity index is 237. The number of allylic oxidation sites excluding steroid dienone is 2. The first-order valence-corrected chi connectivity index (χ1v) is 5.81. The number of nitrogens with one attached hydrogen (secondary N) is 1. The van der Waals surface area contributed by atoms with Crippen LogP contribution in [-0.2, 0) is 0 Å². The van der Waals surface area contributed by atoms with Gasteiger partial charge < -0.3 is 5.32 Å². The molecule has 78 valence electrons. The molecule has 0 radical (unpaired) electrons. The average molecular weight is 192 g/mol. The van der Waals surface area contributed by atoms with Crippen molar-refractivity contribution >= 4 is 6.21 Å². The summed E-state index contributed by atoms with van der Waals surface area (Å²) in [5, 5.41) is 3.40. The molecule has 1 saturated heterocycles. The van der Waals surface area contributed by atoms with Gasteiger partial charge in [0, 0.05) is 17.8 Å². The number of piperidine rings is 1. The second-order valence-electron chi connectivity index (χ2n) is 4.48. The van der Waals surface area contributed by atoms with Gasteiger partial charge in [-0.1, -0.05) is 13.0 Å². The van der Waals surface area contributed by atoms with Crippen LogP contribution < -0.4 is 5.32 Å². The number of nitrogens with zero attached hydrogens (tertiary/aromatic N) is 1. The predicted octanol–water partition coefficient (Wildman–Crippen LogP) is 2.37. The second kappa shape index (κ2) is 4.74. The summed E-state index contributed by atoms with van der Waals surface area (Å²) in [5.41, 5.74) is 1.36. The van der Waals surface area contributed by atoms with Gasteiger partial charge >= 0.3 is 0 Å². The molecule has 1 unspecified atom stereocenters. The van der Waals surface area contributed by atoms with E-state index in [1.165, 1.54) is 25.0 Å². The van der Waals surface area contributed by atoms with E-state index in [4.69, 9.17) is 0 Å². The second-order valence-corrected chi connectivity index (χ2v) is 4.48. The monoisotopic (exact) mass is 192 g/mol. The molecule has 1 N–H and O–H groups in total. The normalized spacial score (nSPS) is 29.8. The van der Waals surface area contributed by atoms with Crippen molar-refractivity contribution in [2.24, 2.45) is 16.8 Å². The Labute approximate surface area is 86.5 Å². The first-order chi connectivity index (χ1) is 6.86. The van der Waals surface area contributed by atoms with Crippen LogP contribution in [0.2, 0.25) is 0 Å². The Hall–Kier alpha value is -0.630. The minimum absolute atomic E-state index is 0.711. The maximum atomic E-state index is 4.61. The Kier molecular flexibility index (Phi) is 3.35. The molecule has 1 atom stereocenters. The summed E-state index contributed by atoms with van der Waals surface area (Å²) in [7, 11) is 0. The molecule has 0 bridgehead atoms. The molecular weight excluding hydrogens is 172 g/mol. The van der Waals surface area contributed by atoms with Crippen molar-refractivity contribution < 1.29 is 0 Å². The van der Waals surface area contributed by atoms with E-state index < -0.39 is 0 Å². The van der Waals surface area contributed by atoms with Crippen molar-refractivity contribution in [3.8, 4) is 0 Å². The molecule has 2 rings (SSSR count). The Morgan fingerprint density at radius 3 is 2.86 bits per heavy atom. The van der Waals surface area contributed by atoms with Crippen LogP contribution in [0.3, 0.4) is 0 Å². The first kappa shape index (κ1) is 9.91. The molecule has 2 heterocycles. The van der Waals surface area contributed by atoms with Gasteiger partial charge in [-0.3, -0.25) is 4.99 Å². The lowest BCUT2D eigenvalue weighted by molar-refractivity contribution is 0.415. The van der Waals surface area contributed by atoms with E-state index in [9.17, 15) is 0 Å². The molecule has 2 aliphatic heterocycles. The molecule has 0 aromatic carbocycles. The number of hydrogen-bond donors (Lipinski definition) is 1. The lowest BCUT2D eigenvalue weighted by Crippen LogP contribution is -2.28. The molecule has 0 aromatic rings. The highest BCUT2D eigenvalue weighted by Gasteiger charge is 2.18. The third-order valence-electron chi connectivity index (χ3n) is 3.20. The van der Waals surface area contributed by atoms with Crippen LogP contribution in [0, 0.1) is 11.8 Å². The van der Waals surface area contributed by atoms with Crippen LogP contribution in [0.25, 0.3) is 0 Å². The van der Waals surface area contributed by atoms with Crippen LogP contribution in [-0.4, -0.2) is 19.3 Å². The van der Waals surface area contributed by atoms with Crippen molar-refractivity contribution in [3.05, 3.63) is 11.8 Å². The van der Waals surface area contributed by atoms with Crippen molar-refractivity contribution in [3.63, 3.8) is 0 Å². The zero-order valence-electron chi connectivity index (χ0n) is 9.00. The van der Waals surface area contributed by atoms with Gasteiger partial charge in [0.05, 0.1) is 0 Å². The summed E-state index contributed by atoms with van der Waals surface area (Å²) in [6.07, 6.45) is 9.42. The van der Waals surface area contributed by atoms with E-state index in [0.29, 0.717) is 11.8 Å². The lowest BCUT2D eigenvalue weighted by Gasteiger charge is -2.23. The highest BCUT2D eigenvalue weighted by Crippen LogP contribution is 2.26. The Morgan fingerprint density at radius 2 is 2.07 bits per heavy atom. The van der Waals surface area contributed by atoms with Gasteiger partial charge in [0.15, 0.2) is 0 Å². The maximum Gasteiger partial charge on any atom is 0.0394 e. The third-order valence-corrected chi connectivity index (χ3v) is 3.20. The largest absolute Gasteiger partial charge is 0.317 e. The first-order valence-electron chi connectivity index (χ1n) is 5.81. The quantitative estimate of drug-likeness (QED) is 0.677. The summed E-state index contributed by atoms with van der Waals surface area (Å²) in [6, 6.07) is 0. The molecule has 0 spiro atoms. The third kappa shape index (κ3) is 2.44. The zero-order valence-corrected chi connectivity index (χ0v) is 9.00. The molecule has 0 aromatic heterocycles. The fourth-order valence-corrected chi connectivity index (χ4v) is 2.28. The van der Waals surface area contributed by atoms with Gasteiger partial charge in [0.1, 0.15) is 0 Å². The molecule has 0 saturated carbocycles. The molecule has 1 fully saturated rings. The van der Waals surface area contributed by atoms with Crippen molar-refractivity contribution in [2.75, 3.05) is 13.1 Å². The highest BCUT2D eigenvalue weighted by atomic mass is 14.9. The molecule has 2 nitrogen and oxygen atoms in total. The topological polar surface area (TPSA) is 24.4 Å². The number of rotatable bonds is 1. The van der Waals surface area contributed by atoms with Crippen LogP contribution >= 0.6 is 0 Å². The Morgan fingerprint density at radius 1 is 1.29 bits per heavy atom. The highest BCUT2D eigenvalue weighted by molar-refractivity contribution is 5.59. The SMILES string of the molecule is CC1C=C(C2CCNCC2)N=CCC1. The standard InChI is InChI=1S/C12H20N2/c1-10-3-2-6-14-12(9-10)11-4-7-13-8-5-11/h6,9-11,13H,2-5,7-8H2,1H3. The molecule has 14 heavy (non-hydrogen) atoms. The molecule has 2 heteroatoms. The molecule has 0 aliphatic carbocycles. The molecule has 0 amide bonds. The van der Waals surface area contributed by atoms with E-state index >= 15 is 0 Å². The summed E-state index contributed by atoms with van der Waals surface area (Å²) >= 11 is 0. The minimum Gasteiger partial charge on any atom is -0.317 e. The lowest BCUT2D eigenvalue weighted by atomic mass is 9.92. The van der Waals surface area contributed by atoms with Gasteiger partial charge in [-0.05, 0) is 44.7 Å². The Balaban J connectivity index is 2.05. The number of aliphatic imine (C=N–C) groups is 1. The van der Waals surface area contributed by atoms with Crippen molar-refractivity contribution in [2.45, 2.75) is 32.6 Å². The maximum absolute atomic E-state index is 4.61. The van der Waals surface area contributed by atoms with E-state index in [1.54, 1.807) is 0 Å². The zero-order chi connectivity index (χ0) is 9.80. The van der Waals surface area contributed by atoms with Gasteiger partial charge in [-0.25, -0.2) is 0 Å². The van der Waals surface area contributed by atoms with Crippen LogP contribution in [0.15, 0.2) is 16.8 Å². The van der Waals surface area contributed by atoms with E-state index in [2.05, 4.69) is 29.5 Å². The van der Waals surface area contributed by atoms with E-state index in [-0.39, 0.29) is 0 Å². The van der Waals surface area contributed by atoms with Crippen LogP contribution in [0.1, 0.15) is 32.6 Å². The van der Waals surface area contributed by atoms with E-state index in [1.807, 2.05) is 0 Å². The van der Waals surface area contributed by atoms with Gasteiger partial charge in [0.2, 0.25) is 0 Å². The minimum atomic E-state index is 0.711. The summed E-state index contributed by atoms with van der Waals surface area (Å²) in [5.74, 6) is 1.43. The fraction of sp³-hybridized carbons (Fsp3) is 0.750. The summed E-state index contributed by atoms with van der Waals surface area (Å²) in [4.78, 5) is 4.61. The van der Waals surface area contributed by atoms with Gasteiger partial charge in [-0.2, -0.15) is 0 Å². The average Bonchev–Trinajstić information content (AvgIpc) is 2.44. The summed E-state index contributed by atoms with van der Waals surface area (Å²) in [6.45, 7) is 4.62. The van der Waals surface area contributed by atoms with Crippen molar-refractivity contribution in [1.29, 1.82) is 0 Å². The van der Waals surface area contributed by atoms with Crippen LogP contribution in [0.5, 0.6) is 0 Å². The van der Waals surface area contributed by atoms with Crippen molar-refractivity contribution in [1.82, 2.24) is 5.32 Å². The van der Waals surface area contributed by atoms with E-state index in [0.717, 1.165) is 19.5 Å². The van der Waals surface area contributed by atoms with Gasteiger partial charge in [0.25, 0.3) is 0 Å². The molecule has 2 aliphatic rings. The molecular formula is C12H20N2. The van der Waals surface area contributed by atoms with Crippen LogP contribution in [0.4, 0.5) is 0 Å². The predicted molar refractivity (Wildman–Crippen MR) is 60.6 cm³/mol. The smallest absolute Gasteiger partial charge is 0.0394 e.